The molecule has 1 heterocycles. The molecule has 0 spiro atoms. The third-order valence-electron chi connectivity index (χ3n) is 5.92. The molecule has 0 saturated heterocycles. The van der Waals surface area contributed by atoms with Gasteiger partial charge in [0.1, 0.15) is 0 Å². The van der Waals surface area contributed by atoms with E-state index in [1.54, 1.807) is 13.1 Å². The third-order valence-corrected chi connectivity index (χ3v) is 6.16. The smallest absolute Gasteiger partial charge is 0.219 e. The summed E-state index contributed by atoms with van der Waals surface area (Å²) < 4.78 is 0. The zero-order valence-electron chi connectivity index (χ0n) is 15.9. The summed E-state index contributed by atoms with van der Waals surface area (Å²) in [5.74, 6) is 0.138. The van der Waals surface area contributed by atoms with Crippen LogP contribution in [0.15, 0.2) is 48.7 Å². The minimum atomic E-state index is -0.0369. The lowest BCUT2D eigenvalue weighted by Crippen LogP contribution is -2.47. The van der Waals surface area contributed by atoms with Crippen LogP contribution in [0.5, 0.6) is 0 Å². The number of nitrogens with two attached hydrogens (primary N) is 1. The molecule has 2 N–H and O–H groups in total. The monoisotopic (exact) mass is 385 g/mol. The Morgan fingerprint density at radius 3 is 2.63 bits per heavy atom. The predicted molar refractivity (Wildman–Crippen MR) is 110 cm³/mol. The van der Waals surface area contributed by atoms with Gasteiger partial charge in [-0.15, -0.1) is 0 Å². The molecular weight excluding hydrogens is 358 g/mol. The molecule has 0 unspecified atom stereocenters. The Morgan fingerprint density at radius 1 is 1.26 bits per heavy atom. The SMILES string of the molecule is CC(=O)N(CCc1ccccn1)C1CCC(CN)(c2cccc(Cl)c2)CC1. The van der Waals surface area contributed by atoms with Crippen molar-refractivity contribution in [1.29, 1.82) is 0 Å². The minimum absolute atomic E-state index is 0.0369. The van der Waals surface area contributed by atoms with Crippen LogP contribution in [-0.2, 0) is 16.6 Å². The quantitative estimate of drug-likeness (QED) is 0.818. The maximum Gasteiger partial charge on any atom is 0.219 e. The van der Waals surface area contributed by atoms with E-state index in [9.17, 15) is 4.79 Å². The highest BCUT2D eigenvalue weighted by atomic mass is 35.5. The van der Waals surface area contributed by atoms with Gasteiger partial charge in [0.05, 0.1) is 0 Å². The maximum absolute atomic E-state index is 12.3. The van der Waals surface area contributed by atoms with Crippen LogP contribution < -0.4 is 5.73 Å². The lowest BCUT2D eigenvalue weighted by Gasteiger charge is -2.43. The third kappa shape index (κ3) is 4.69. The Kier molecular flexibility index (Phi) is 6.51. The van der Waals surface area contributed by atoms with E-state index in [0.29, 0.717) is 13.1 Å². The second-order valence-corrected chi connectivity index (χ2v) is 7.95. The van der Waals surface area contributed by atoms with Gasteiger partial charge in [0.25, 0.3) is 0 Å². The number of hydrogen-bond donors (Lipinski definition) is 1. The van der Waals surface area contributed by atoms with E-state index >= 15 is 0 Å². The van der Waals surface area contributed by atoms with E-state index in [1.165, 1.54) is 5.56 Å². The average Bonchev–Trinajstić information content (AvgIpc) is 2.69. The van der Waals surface area contributed by atoms with Gasteiger partial charge >= 0.3 is 0 Å². The van der Waals surface area contributed by atoms with Crippen LogP contribution in [0.4, 0.5) is 0 Å². The van der Waals surface area contributed by atoms with E-state index in [-0.39, 0.29) is 17.4 Å². The van der Waals surface area contributed by atoms with Crippen LogP contribution in [0.25, 0.3) is 0 Å². The van der Waals surface area contributed by atoms with Crippen molar-refractivity contribution >= 4 is 17.5 Å². The number of carbonyl (C=O) groups is 1. The van der Waals surface area contributed by atoms with Crippen molar-refractivity contribution in [3.05, 3.63) is 64.9 Å². The second kappa shape index (κ2) is 8.85. The van der Waals surface area contributed by atoms with Gasteiger partial charge in [0, 0.05) is 54.8 Å². The summed E-state index contributed by atoms with van der Waals surface area (Å²) in [6.07, 6.45) is 6.46. The zero-order chi connectivity index (χ0) is 19.3. The summed E-state index contributed by atoms with van der Waals surface area (Å²) in [6.45, 7) is 2.98. The number of benzene rings is 1. The van der Waals surface area contributed by atoms with E-state index in [1.807, 2.05) is 41.3 Å². The lowest BCUT2D eigenvalue weighted by molar-refractivity contribution is -0.132. The van der Waals surface area contributed by atoms with Crippen LogP contribution in [0.1, 0.15) is 43.9 Å². The number of halogens is 1. The average molecular weight is 386 g/mol. The van der Waals surface area contributed by atoms with Gasteiger partial charge in [-0.05, 0) is 55.5 Å². The van der Waals surface area contributed by atoms with Gasteiger partial charge in [-0.2, -0.15) is 0 Å². The largest absolute Gasteiger partial charge is 0.340 e. The molecule has 27 heavy (non-hydrogen) atoms. The molecule has 0 atom stereocenters. The van der Waals surface area contributed by atoms with E-state index in [0.717, 1.165) is 42.8 Å². The fraction of sp³-hybridized carbons (Fsp3) is 0.455. The molecule has 1 aliphatic rings. The molecule has 0 aliphatic heterocycles. The highest BCUT2D eigenvalue weighted by Crippen LogP contribution is 2.40. The fourth-order valence-electron chi connectivity index (χ4n) is 4.27. The molecule has 1 aromatic carbocycles. The highest BCUT2D eigenvalue weighted by molar-refractivity contribution is 6.30. The number of carbonyl (C=O) groups excluding carboxylic acids is 1. The summed E-state index contributed by atoms with van der Waals surface area (Å²) >= 11 is 6.20. The summed E-state index contributed by atoms with van der Waals surface area (Å²) in [6, 6.07) is 14.2. The summed E-state index contributed by atoms with van der Waals surface area (Å²) in [5, 5.41) is 0.753. The topological polar surface area (TPSA) is 59.2 Å². The standard InChI is InChI=1S/C22H28ClN3O/c1-17(27)26(14-10-20-7-2-3-13-25-20)21-8-11-22(16-24,12-9-21)18-5-4-6-19(23)15-18/h2-7,13,15,21H,8-12,14,16,24H2,1H3. The van der Waals surface area contributed by atoms with Gasteiger partial charge in [-0.3, -0.25) is 9.78 Å². The van der Waals surface area contributed by atoms with Crippen molar-refractivity contribution in [1.82, 2.24) is 9.88 Å². The number of nitrogens with zero attached hydrogens (tertiary/aromatic N) is 2. The molecule has 1 aliphatic carbocycles. The highest BCUT2D eigenvalue weighted by Gasteiger charge is 2.38. The maximum atomic E-state index is 12.3. The number of amides is 1. The van der Waals surface area contributed by atoms with Gasteiger partial charge in [0.15, 0.2) is 0 Å². The summed E-state index contributed by atoms with van der Waals surface area (Å²) in [5.41, 5.74) is 8.41. The summed E-state index contributed by atoms with van der Waals surface area (Å²) in [4.78, 5) is 18.7. The zero-order valence-corrected chi connectivity index (χ0v) is 16.7. The van der Waals surface area contributed by atoms with Gasteiger partial charge < -0.3 is 10.6 Å². The van der Waals surface area contributed by atoms with E-state index in [2.05, 4.69) is 11.1 Å². The van der Waals surface area contributed by atoms with Gasteiger partial charge in [-0.25, -0.2) is 0 Å². The number of hydrogen-bond acceptors (Lipinski definition) is 3. The first-order chi connectivity index (χ1) is 13.0. The molecule has 2 aromatic rings. The van der Waals surface area contributed by atoms with Crippen LogP contribution in [0.3, 0.4) is 0 Å². The first kappa shape index (κ1) is 19.8. The molecule has 1 saturated carbocycles. The molecule has 0 bridgehead atoms. The molecule has 1 amide bonds. The molecule has 1 fully saturated rings. The minimum Gasteiger partial charge on any atom is -0.340 e. The van der Waals surface area contributed by atoms with Crippen LogP contribution in [0.2, 0.25) is 5.02 Å². The van der Waals surface area contributed by atoms with Crippen LogP contribution in [0, 0.1) is 0 Å². The normalized spacial score (nSPS) is 22.4. The van der Waals surface area contributed by atoms with Gasteiger partial charge in [-0.1, -0.05) is 29.8 Å². The fourth-order valence-corrected chi connectivity index (χ4v) is 4.46. The summed E-state index contributed by atoms with van der Waals surface area (Å²) in [7, 11) is 0. The number of aromatic nitrogens is 1. The number of pyridine rings is 1. The molecule has 144 valence electrons. The Morgan fingerprint density at radius 2 is 2.04 bits per heavy atom. The lowest BCUT2D eigenvalue weighted by atomic mass is 9.68. The predicted octanol–water partition coefficient (Wildman–Crippen LogP) is 3.97. The first-order valence-electron chi connectivity index (χ1n) is 9.67. The molecule has 1 aromatic heterocycles. The van der Waals surface area contributed by atoms with Crippen molar-refractivity contribution in [3.8, 4) is 0 Å². The molecule has 4 nitrogen and oxygen atoms in total. The van der Waals surface area contributed by atoms with Crippen LogP contribution in [-0.4, -0.2) is 34.9 Å². The van der Waals surface area contributed by atoms with E-state index < -0.39 is 0 Å². The Hall–Kier alpha value is -1.91. The molecular formula is C22H28ClN3O. The number of rotatable bonds is 6. The Labute approximate surface area is 166 Å². The van der Waals surface area contributed by atoms with Crippen molar-refractivity contribution in [2.45, 2.75) is 50.5 Å². The molecule has 0 radical (unpaired) electrons. The van der Waals surface area contributed by atoms with E-state index in [4.69, 9.17) is 17.3 Å². The molecule has 3 rings (SSSR count). The van der Waals surface area contributed by atoms with Crippen molar-refractivity contribution < 1.29 is 4.79 Å². The van der Waals surface area contributed by atoms with Gasteiger partial charge in [0.2, 0.25) is 5.91 Å². The van der Waals surface area contributed by atoms with Crippen molar-refractivity contribution in [3.63, 3.8) is 0 Å². The van der Waals surface area contributed by atoms with Crippen LogP contribution >= 0.6 is 11.6 Å². The Balaban J connectivity index is 1.67. The van der Waals surface area contributed by atoms with Crippen molar-refractivity contribution in [2.24, 2.45) is 5.73 Å². The molecule has 5 heteroatoms. The first-order valence-corrected chi connectivity index (χ1v) is 10.0. The van der Waals surface area contributed by atoms with Crippen molar-refractivity contribution in [2.75, 3.05) is 13.1 Å². The Bertz CT molecular complexity index is 757. The second-order valence-electron chi connectivity index (χ2n) is 7.51.